The Morgan fingerprint density at radius 1 is 1.29 bits per heavy atom. The van der Waals surface area contributed by atoms with Gasteiger partial charge in [0.15, 0.2) is 11.5 Å². The molecule has 1 saturated heterocycles. The summed E-state index contributed by atoms with van der Waals surface area (Å²) in [7, 11) is 1.60. The number of morpholine rings is 1. The third-order valence-corrected chi connectivity index (χ3v) is 6.37. The number of pyridine rings is 1. The molecule has 0 aliphatic carbocycles. The Kier molecular flexibility index (Phi) is 6.91. The highest BCUT2D eigenvalue weighted by atomic mass is 16.5. The van der Waals surface area contributed by atoms with Crippen LogP contribution in [0.15, 0.2) is 46.6 Å². The Morgan fingerprint density at radius 3 is 3.00 bits per heavy atom. The van der Waals surface area contributed by atoms with E-state index in [0.717, 1.165) is 44.1 Å². The first kappa shape index (κ1) is 23.3. The molecule has 35 heavy (non-hydrogen) atoms. The molecule has 4 heterocycles. The predicted molar refractivity (Wildman–Crippen MR) is 132 cm³/mol. The van der Waals surface area contributed by atoms with E-state index >= 15 is 0 Å². The summed E-state index contributed by atoms with van der Waals surface area (Å²) in [5.74, 6) is 2.00. The molecule has 10 nitrogen and oxygen atoms in total. The molecule has 2 aromatic rings. The average molecular weight is 479 g/mol. The average Bonchev–Trinajstić information content (AvgIpc) is 3.40. The van der Waals surface area contributed by atoms with E-state index in [4.69, 9.17) is 19.2 Å². The molecule has 1 unspecified atom stereocenters. The molecule has 1 N–H and O–H groups in total. The molecule has 0 bridgehead atoms. The maximum atomic E-state index is 12.8. The van der Waals surface area contributed by atoms with Gasteiger partial charge in [-0.3, -0.25) is 29.9 Å². The number of likely N-dealkylation sites (N-methyl/N-ethyl adjacent to an activating group) is 1. The lowest BCUT2D eigenvalue weighted by Gasteiger charge is -2.32. The number of carbonyl (C=O) groups excluding carboxylic acids is 1. The zero-order chi connectivity index (χ0) is 24.2. The van der Waals surface area contributed by atoms with Crippen molar-refractivity contribution in [2.45, 2.75) is 19.4 Å². The van der Waals surface area contributed by atoms with Gasteiger partial charge in [0.25, 0.3) is 5.91 Å². The molecule has 1 atom stereocenters. The number of nitrogens with zero attached hydrogens (tertiary/aromatic N) is 5. The van der Waals surface area contributed by atoms with Crippen molar-refractivity contribution in [3.8, 4) is 11.5 Å². The second-order valence-corrected chi connectivity index (χ2v) is 8.50. The number of guanidine groups is 1. The van der Waals surface area contributed by atoms with Crippen LogP contribution in [0.3, 0.4) is 0 Å². The first-order valence-corrected chi connectivity index (χ1v) is 12.0. The molecule has 3 aliphatic rings. The van der Waals surface area contributed by atoms with Crippen LogP contribution in [0, 0.1) is 0 Å². The number of methoxy groups -OCH3 is 1. The minimum Gasteiger partial charge on any atom is -0.491 e. The minimum atomic E-state index is -0.286. The van der Waals surface area contributed by atoms with Crippen LogP contribution in [0.4, 0.5) is 5.69 Å². The molecule has 1 aromatic carbocycles. The van der Waals surface area contributed by atoms with Gasteiger partial charge >= 0.3 is 0 Å². The summed E-state index contributed by atoms with van der Waals surface area (Å²) in [5.41, 5.74) is 1.89. The van der Waals surface area contributed by atoms with Gasteiger partial charge in [-0.1, -0.05) is 6.92 Å². The van der Waals surface area contributed by atoms with Gasteiger partial charge in [-0.25, -0.2) is 4.99 Å². The maximum Gasteiger partial charge on any atom is 0.259 e. The standard InChI is InChI=1S/C25H30N6O4/c1-3-30-12-14-34-18(16-30)8-13-35-20-7-6-19-21(22(20)33-2)28-25(31-11-10-27-23(19)31)29-24(32)17-5-4-9-26-15-17/h4-7,9,15,18H,3,8,10-14,16H2,1-2H3,(H,28,29,32). The Morgan fingerprint density at radius 2 is 2.20 bits per heavy atom. The minimum absolute atomic E-state index is 0.154. The smallest absolute Gasteiger partial charge is 0.259 e. The van der Waals surface area contributed by atoms with Crippen molar-refractivity contribution >= 4 is 23.4 Å². The van der Waals surface area contributed by atoms with Gasteiger partial charge in [0.1, 0.15) is 11.5 Å². The van der Waals surface area contributed by atoms with E-state index in [1.54, 1.807) is 25.4 Å². The van der Waals surface area contributed by atoms with Crippen molar-refractivity contribution in [3.63, 3.8) is 0 Å². The van der Waals surface area contributed by atoms with Crippen molar-refractivity contribution in [2.24, 2.45) is 9.98 Å². The molecule has 10 heteroatoms. The van der Waals surface area contributed by atoms with Crippen LogP contribution in [-0.2, 0) is 4.74 Å². The summed E-state index contributed by atoms with van der Waals surface area (Å²) < 4.78 is 17.7. The highest BCUT2D eigenvalue weighted by molar-refractivity contribution is 6.20. The highest BCUT2D eigenvalue weighted by Crippen LogP contribution is 2.43. The van der Waals surface area contributed by atoms with E-state index in [2.05, 4.69) is 27.1 Å². The van der Waals surface area contributed by atoms with E-state index in [1.807, 2.05) is 17.0 Å². The summed E-state index contributed by atoms with van der Waals surface area (Å²) in [6, 6.07) is 7.27. The Balaban J connectivity index is 1.36. The second kappa shape index (κ2) is 10.4. The van der Waals surface area contributed by atoms with E-state index in [1.165, 1.54) is 6.20 Å². The van der Waals surface area contributed by atoms with Crippen LogP contribution in [0.5, 0.6) is 11.5 Å². The van der Waals surface area contributed by atoms with E-state index in [-0.39, 0.29) is 12.0 Å². The van der Waals surface area contributed by atoms with Crippen molar-refractivity contribution < 1.29 is 19.0 Å². The van der Waals surface area contributed by atoms with Crippen molar-refractivity contribution in [1.82, 2.24) is 20.1 Å². The molecular weight excluding hydrogens is 448 g/mol. The van der Waals surface area contributed by atoms with Crippen molar-refractivity contribution in [2.75, 3.05) is 53.0 Å². The number of benzene rings is 1. The second-order valence-electron chi connectivity index (χ2n) is 8.50. The lowest BCUT2D eigenvalue weighted by atomic mass is 10.1. The summed E-state index contributed by atoms with van der Waals surface area (Å²) in [6.45, 7) is 7.59. The van der Waals surface area contributed by atoms with Crippen LogP contribution in [-0.4, -0.2) is 91.6 Å². The lowest BCUT2D eigenvalue weighted by Crippen LogP contribution is -2.47. The fourth-order valence-corrected chi connectivity index (χ4v) is 4.51. The number of rotatable bonds is 7. The topological polar surface area (TPSA) is 101 Å². The van der Waals surface area contributed by atoms with Crippen LogP contribution in [0.1, 0.15) is 29.3 Å². The summed E-state index contributed by atoms with van der Waals surface area (Å²) in [5, 5.41) is 2.91. The predicted octanol–water partition coefficient (Wildman–Crippen LogP) is 2.07. The van der Waals surface area contributed by atoms with Gasteiger partial charge in [-0.15, -0.1) is 0 Å². The number of hydrogen-bond donors (Lipinski definition) is 1. The first-order chi connectivity index (χ1) is 17.2. The van der Waals surface area contributed by atoms with E-state index in [9.17, 15) is 4.79 Å². The number of nitrogens with one attached hydrogen (secondary N) is 1. The number of amides is 1. The molecule has 184 valence electrons. The van der Waals surface area contributed by atoms with E-state index in [0.29, 0.717) is 48.4 Å². The first-order valence-electron chi connectivity index (χ1n) is 12.0. The molecule has 1 fully saturated rings. The van der Waals surface area contributed by atoms with Gasteiger partial charge in [-0.05, 0) is 30.8 Å². The number of ether oxygens (including phenoxy) is 3. The monoisotopic (exact) mass is 478 g/mol. The van der Waals surface area contributed by atoms with Gasteiger partial charge < -0.3 is 14.2 Å². The molecule has 0 saturated carbocycles. The molecule has 0 radical (unpaired) electrons. The third kappa shape index (κ3) is 4.85. The molecule has 3 aliphatic heterocycles. The van der Waals surface area contributed by atoms with Gasteiger partial charge in [0.2, 0.25) is 5.96 Å². The highest BCUT2D eigenvalue weighted by Gasteiger charge is 2.33. The summed E-state index contributed by atoms with van der Waals surface area (Å²) in [6.07, 6.45) is 4.09. The molecule has 5 rings (SSSR count). The number of aromatic nitrogens is 1. The van der Waals surface area contributed by atoms with Crippen molar-refractivity contribution in [3.05, 3.63) is 47.8 Å². The van der Waals surface area contributed by atoms with Crippen LogP contribution in [0.25, 0.3) is 0 Å². The fourth-order valence-electron chi connectivity index (χ4n) is 4.51. The largest absolute Gasteiger partial charge is 0.491 e. The summed E-state index contributed by atoms with van der Waals surface area (Å²) >= 11 is 0. The quantitative estimate of drug-likeness (QED) is 0.650. The van der Waals surface area contributed by atoms with Crippen LogP contribution in [0.2, 0.25) is 0 Å². The zero-order valence-electron chi connectivity index (χ0n) is 20.1. The Hall–Kier alpha value is -3.50. The third-order valence-electron chi connectivity index (χ3n) is 6.37. The van der Waals surface area contributed by atoms with Gasteiger partial charge in [-0.2, -0.15) is 0 Å². The van der Waals surface area contributed by atoms with Gasteiger partial charge in [0, 0.05) is 44.0 Å². The fraction of sp³-hybridized carbons (Fsp3) is 0.440. The maximum absolute atomic E-state index is 12.8. The number of carbonyl (C=O) groups is 1. The molecule has 0 spiro atoms. The van der Waals surface area contributed by atoms with Crippen LogP contribution < -0.4 is 14.8 Å². The lowest BCUT2D eigenvalue weighted by molar-refractivity contribution is -0.0351. The number of fused-ring (bicyclic) bond motifs is 3. The number of amidine groups is 1. The van der Waals surface area contributed by atoms with Crippen molar-refractivity contribution in [1.29, 1.82) is 0 Å². The molecule has 1 aromatic heterocycles. The number of hydrogen-bond acceptors (Lipinski definition) is 9. The molecule has 1 amide bonds. The number of aliphatic imine (C=N–C) groups is 2. The van der Waals surface area contributed by atoms with E-state index < -0.39 is 0 Å². The Labute approximate surface area is 204 Å². The SMILES string of the molecule is CCN1CCOC(CCOc2ccc3c(c2OC)N=C(NC(=O)c2cccnc2)N2CCN=C32)C1. The van der Waals surface area contributed by atoms with Gasteiger partial charge in [0.05, 0.1) is 38.5 Å². The molecular formula is C25H30N6O4. The zero-order valence-corrected chi connectivity index (χ0v) is 20.1. The summed E-state index contributed by atoms with van der Waals surface area (Å²) in [4.78, 5) is 30.6. The Bertz CT molecular complexity index is 1140. The van der Waals surface area contributed by atoms with Crippen LogP contribution >= 0.6 is 0 Å². The normalized spacial score (nSPS) is 19.4.